The van der Waals surface area contributed by atoms with Crippen LogP contribution in [0.2, 0.25) is 0 Å². The summed E-state index contributed by atoms with van der Waals surface area (Å²) in [5.41, 5.74) is 1.14. The van der Waals surface area contributed by atoms with Crippen LogP contribution in [0.15, 0.2) is 24.4 Å². The number of hydrogen-bond donors (Lipinski definition) is 1. The van der Waals surface area contributed by atoms with Gasteiger partial charge in [0.2, 0.25) is 0 Å². The highest BCUT2D eigenvalue weighted by Gasteiger charge is 2.06. The number of hydrogen-bond acceptors (Lipinski definition) is 3. The molecule has 0 amide bonds. The monoisotopic (exact) mass is 247 g/mol. The summed E-state index contributed by atoms with van der Waals surface area (Å²) in [6.07, 6.45) is 2.92. The van der Waals surface area contributed by atoms with E-state index in [1.54, 1.807) is 18.2 Å². The molecular formula is C13H17N3O2. The molecule has 5 heteroatoms. The van der Waals surface area contributed by atoms with Crippen molar-refractivity contribution < 1.29 is 9.90 Å². The van der Waals surface area contributed by atoms with Crippen LogP contribution in [0.4, 0.5) is 0 Å². The molecule has 0 aliphatic rings. The Kier molecular flexibility index (Phi) is 3.62. The number of aromatic carboxylic acids is 1. The molecule has 0 radical (unpaired) electrons. The molecule has 1 heterocycles. The summed E-state index contributed by atoms with van der Waals surface area (Å²) in [5.74, 6) is -0.905. The van der Waals surface area contributed by atoms with Crippen LogP contribution in [-0.4, -0.2) is 46.4 Å². The first-order valence-electron chi connectivity index (χ1n) is 5.91. The van der Waals surface area contributed by atoms with Crippen LogP contribution in [0.3, 0.4) is 0 Å². The van der Waals surface area contributed by atoms with Crippen LogP contribution >= 0.6 is 0 Å². The fraction of sp³-hybridized carbons (Fsp3) is 0.385. The highest BCUT2D eigenvalue weighted by Crippen LogP contribution is 2.14. The standard InChI is InChI=1S/C13H17N3O2/c1-15(2)6-3-7-16-9-11-8-10(13(17)18)4-5-12(11)14-16/h4-5,8-9H,3,6-7H2,1-2H3,(H,17,18). The molecule has 0 fully saturated rings. The van der Waals surface area contributed by atoms with Gasteiger partial charge in [0.05, 0.1) is 11.1 Å². The number of nitrogens with zero attached hydrogens (tertiary/aromatic N) is 3. The smallest absolute Gasteiger partial charge is 0.335 e. The molecule has 1 aromatic heterocycles. The highest BCUT2D eigenvalue weighted by molar-refractivity contribution is 5.93. The zero-order chi connectivity index (χ0) is 13.1. The van der Waals surface area contributed by atoms with E-state index in [1.165, 1.54) is 0 Å². The van der Waals surface area contributed by atoms with E-state index in [9.17, 15) is 4.79 Å². The molecule has 2 aromatic rings. The summed E-state index contributed by atoms with van der Waals surface area (Å²) >= 11 is 0. The number of carboxylic acids is 1. The Labute approximate surface area is 106 Å². The van der Waals surface area contributed by atoms with Gasteiger partial charge < -0.3 is 10.0 Å². The van der Waals surface area contributed by atoms with E-state index in [-0.39, 0.29) is 0 Å². The van der Waals surface area contributed by atoms with Gasteiger partial charge in [-0.3, -0.25) is 4.68 Å². The molecule has 96 valence electrons. The van der Waals surface area contributed by atoms with Crippen LogP contribution in [0.25, 0.3) is 10.9 Å². The van der Waals surface area contributed by atoms with E-state index in [4.69, 9.17) is 5.11 Å². The number of fused-ring (bicyclic) bond motifs is 1. The van der Waals surface area contributed by atoms with E-state index in [2.05, 4.69) is 10.00 Å². The molecule has 0 aliphatic carbocycles. The minimum Gasteiger partial charge on any atom is -0.478 e. The van der Waals surface area contributed by atoms with Crippen LogP contribution in [-0.2, 0) is 6.54 Å². The minimum absolute atomic E-state index is 0.301. The van der Waals surface area contributed by atoms with Crippen molar-refractivity contribution in [3.63, 3.8) is 0 Å². The molecule has 0 bridgehead atoms. The molecule has 0 spiro atoms. The van der Waals surface area contributed by atoms with Gasteiger partial charge in [0.15, 0.2) is 0 Å². The van der Waals surface area contributed by atoms with Crippen molar-refractivity contribution in [2.45, 2.75) is 13.0 Å². The first kappa shape index (κ1) is 12.6. The van der Waals surface area contributed by atoms with Gasteiger partial charge in [0.1, 0.15) is 0 Å². The molecule has 0 unspecified atom stereocenters. The van der Waals surface area contributed by atoms with Crippen LogP contribution in [0.1, 0.15) is 16.8 Å². The summed E-state index contributed by atoms with van der Waals surface area (Å²) < 4.78 is 1.87. The number of rotatable bonds is 5. The highest BCUT2D eigenvalue weighted by atomic mass is 16.4. The SMILES string of the molecule is CN(C)CCCn1cc2cc(C(=O)O)ccc2n1. The number of aryl methyl sites for hydroxylation is 1. The molecule has 0 saturated carbocycles. The second-order valence-electron chi connectivity index (χ2n) is 4.63. The largest absolute Gasteiger partial charge is 0.478 e. The Balaban J connectivity index is 2.14. The first-order valence-corrected chi connectivity index (χ1v) is 5.91. The summed E-state index contributed by atoms with van der Waals surface area (Å²) in [5, 5.41) is 14.2. The van der Waals surface area contributed by atoms with Gasteiger partial charge in [-0.15, -0.1) is 0 Å². The molecule has 1 aromatic carbocycles. The third-order valence-electron chi connectivity index (χ3n) is 2.79. The molecule has 1 N–H and O–H groups in total. The fourth-order valence-corrected chi connectivity index (χ4v) is 1.87. The Hall–Kier alpha value is -1.88. The van der Waals surface area contributed by atoms with Crippen molar-refractivity contribution in [3.8, 4) is 0 Å². The lowest BCUT2D eigenvalue weighted by Gasteiger charge is -2.08. The minimum atomic E-state index is -0.905. The molecule has 0 saturated heterocycles. The summed E-state index contributed by atoms with van der Waals surface area (Å²) in [4.78, 5) is 13.0. The van der Waals surface area contributed by atoms with Crippen LogP contribution in [0, 0.1) is 0 Å². The van der Waals surface area contributed by atoms with Crippen molar-refractivity contribution in [2.75, 3.05) is 20.6 Å². The lowest BCUT2D eigenvalue weighted by Crippen LogP contribution is -2.15. The molecule has 18 heavy (non-hydrogen) atoms. The van der Waals surface area contributed by atoms with Crippen molar-refractivity contribution in [1.82, 2.24) is 14.7 Å². The van der Waals surface area contributed by atoms with Gasteiger partial charge in [-0.05, 0) is 45.3 Å². The fourth-order valence-electron chi connectivity index (χ4n) is 1.87. The third-order valence-corrected chi connectivity index (χ3v) is 2.79. The average Bonchev–Trinajstić information content (AvgIpc) is 2.69. The zero-order valence-corrected chi connectivity index (χ0v) is 10.6. The Morgan fingerprint density at radius 2 is 2.22 bits per heavy atom. The average molecular weight is 247 g/mol. The molecule has 0 aliphatic heterocycles. The molecule has 2 rings (SSSR count). The Bertz CT molecular complexity index is 560. The number of benzene rings is 1. The molecule has 0 atom stereocenters. The van der Waals surface area contributed by atoms with Gasteiger partial charge in [0, 0.05) is 18.1 Å². The van der Waals surface area contributed by atoms with E-state index in [0.717, 1.165) is 30.4 Å². The third kappa shape index (κ3) is 2.87. The van der Waals surface area contributed by atoms with E-state index in [0.29, 0.717) is 5.56 Å². The van der Waals surface area contributed by atoms with Gasteiger partial charge in [-0.25, -0.2) is 4.79 Å². The number of carboxylic acid groups (broad SMARTS) is 1. The lowest BCUT2D eigenvalue weighted by molar-refractivity contribution is 0.0697. The summed E-state index contributed by atoms with van der Waals surface area (Å²) in [6, 6.07) is 5.00. The maximum absolute atomic E-state index is 10.9. The lowest BCUT2D eigenvalue weighted by atomic mass is 10.2. The Morgan fingerprint density at radius 1 is 1.44 bits per heavy atom. The second-order valence-corrected chi connectivity index (χ2v) is 4.63. The number of aromatic nitrogens is 2. The normalized spacial score (nSPS) is 11.3. The van der Waals surface area contributed by atoms with Gasteiger partial charge in [0.25, 0.3) is 0 Å². The topological polar surface area (TPSA) is 58.4 Å². The van der Waals surface area contributed by atoms with E-state index >= 15 is 0 Å². The van der Waals surface area contributed by atoms with Gasteiger partial charge >= 0.3 is 5.97 Å². The number of carbonyl (C=O) groups is 1. The van der Waals surface area contributed by atoms with Crippen LogP contribution < -0.4 is 0 Å². The predicted octanol–water partition coefficient (Wildman–Crippen LogP) is 1.69. The maximum atomic E-state index is 10.9. The van der Waals surface area contributed by atoms with Gasteiger partial charge in [-0.2, -0.15) is 5.10 Å². The van der Waals surface area contributed by atoms with Crippen molar-refractivity contribution in [3.05, 3.63) is 30.0 Å². The van der Waals surface area contributed by atoms with Crippen molar-refractivity contribution in [2.24, 2.45) is 0 Å². The summed E-state index contributed by atoms with van der Waals surface area (Å²) in [7, 11) is 4.08. The molecular weight excluding hydrogens is 230 g/mol. The van der Waals surface area contributed by atoms with Crippen molar-refractivity contribution in [1.29, 1.82) is 0 Å². The molecule has 5 nitrogen and oxygen atoms in total. The van der Waals surface area contributed by atoms with E-state index in [1.807, 2.05) is 25.0 Å². The second kappa shape index (κ2) is 5.18. The maximum Gasteiger partial charge on any atom is 0.335 e. The van der Waals surface area contributed by atoms with Crippen LogP contribution in [0.5, 0.6) is 0 Å². The zero-order valence-electron chi connectivity index (χ0n) is 10.6. The first-order chi connectivity index (χ1) is 8.56. The van der Waals surface area contributed by atoms with Gasteiger partial charge in [-0.1, -0.05) is 0 Å². The Morgan fingerprint density at radius 3 is 2.89 bits per heavy atom. The quantitative estimate of drug-likeness (QED) is 0.873. The van der Waals surface area contributed by atoms with Crippen molar-refractivity contribution >= 4 is 16.9 Å². The van der Waals surface area contributed by atoms with E-state index < -0.39 is 5.97 Å². The predicted molar refractivity (Wildman–Crippen MR) is 69.9 cm³/mol. The summed E-state index contributed by atoms with van der Waals surface area (Å²) in [6.45, 7) is 1.85.